The quantitative estimate of drug-likeness (QED) is 0.529. The molecule has 0 radical (unpaired) electrons. The molecule has 0 bridgehead atoms. The van der Waals surface area contributed by atoms with E-state index in [1.807, 2.05) is 12.3 Å². The van der Waals surface area contributed by atoms with E-state index in [1.165, 1.54) is 0 Å². The number of hydrogen-bond acceptors (Lipinski definition) is 2. The summed E-state index contributed by atoms with van der Waals surface area (Å²) < 4.78 is 0. The Kier molecular flexibility index (Phi) is 2.96. The maximum Gasteiger partial charge on any atom is 0.0893 e. The van der Waals surface area contributed by atoms with E-state index < -0.39 is 0 Å². The summed E-state index contributed by atoms with van der Waals surface area (Å²) in [5.41, 5.74) is 0. The van der Waals surface area contributed by atoms with Gasteiger partial charge in [-0.3, -0.25) is 4.98 Å². The van der Waals surface area contributed by atoms with E-state index in [0.29, 0.717) is 0 Å². The number of halogens is 1. The standard InChI is InChI=1S/C4H5NS.ClH/c1-4-5-2-3-6-4;/h2-3H,1H3;1H. The molecule has 0 N–H and O–H groups in total. The molecule has 0 aromatic carbocycles. The molecule has 1 aromatic rings. The summed E-state index contributed by atoms with van der Waals surface area (Å²) in [6.07, 6.45) is 1.81. The van der Waals surface area contributed by atoms with Crippen molar-refractivity contribution >= 4 is 23.7 Å². The van der Waals surface area contributed by atoms with Crippen LogP contribution in [0.3, 0.4) is 0 Å². The molecule has 1 rings (SSSR count). The summed E-state index contributed by atoms with van der Waals surface area (Å²) >= 11 is 1.67. The fraction of sp³-hybridized carbons (Fsp3) is 0.250. The van der Waals surface area contributed by atoms with Crippen LogP contribution in [0.15, 0.2) is 11.6 Å². The first-order chi connectivity index (χ1) is 2.89. The molecule has 7 heavy (non-hydrogen) atoms. The highest BCUT2D eigenvalue weighted by Crippen LogP contribution is 1.98. The smallest absolute Gasteiger partial charge is 0.0893 e. The van der Waals surface area contributed by atoms with Crippen LogP contribution in [0.1, 0.15) is 5.01 Å². The SMILES string of the molecule is Cc1nccs1.Cl. The highest BCUT2D eigenvalue weighted by Gasteiger charge is 1.76. The van der Waals surface area contributed by atoms with Crippen molar-refractivity contribution in [2.75, 3.05) is 0 Å². The van der Waals surface area contributed by atoms with Gasteiger partial charge in [0.05, 0.1) is 5.01 Å². The van der Waals surface area contributed by atoms with Crippen molar-refractivity contribution in [1.29, 1.82) is 0 Å². The maximum absolute atomic E-state index is 3.94. The van der Waals surface area contributed by atoms with Crippen LogP contribution in [0.2, 0.25) is 0 Å². The van der Waals surface area contributed by atoms with E-state index in [2.05, 4.69) is 4.98 Å². The van der Waals surface area contributed by atoms with E-state index in [1.54, 1.807) is 17.5 Å². The molecule has 1 heterocycles. The minimum absolute atomic E-state index is 0. The Bertz CT molecular complexity index is 115. The monoisotopic (exact) mass is 135 g/mol. The zero-order valence-electron chi connectivity index (χ0n) is 3.92. The third-order valence-corrected chi connectivity index (χ3v) is 1.26. The second-order valence-corrected chi connectivity index (χ2v) is 2.15. The van der Waals surface area contributed by atoms with Crippen LogP contribution in [0.4, 0.5) is 0 Å². The summed E-state index contributed by atoms with van der Waals surface area (Å²) in [6.45, 7) is 1.99. The Hall–Kier alpha value is -0.0800. The lowest BCUT2D eigenvalue weighted by Crippen LogP contribution is -1.56. The van der Waals surface area contributed by atoms with Crippen molar-refractivity contribution in [2.24, 2.45) is 0 Å². The molecule has 0 unspecified atom stereocenters. The number of hydrogen-bond donors (Lipinski definition) is 0. The molecule has 0 spiro atoms. The van der Waals surface area contributed by atoms with Gasteiger partial charge in [0.15, 0.2) is 0 Å². The summed E-state index contributed by atoms with van der Waals surface area (Å²) in [6, 6.07) is 0. The maximum atomic E-state index is 3.94. The zero-order valence-corrected chi connectivity index (χ0v) is 5.55. The number of aromatic nitrogens is 1. The topological polar surface area (TPSA) is 12.9 Å². The van der Waals surface area contributed by atoms with Crippen molar-refractivity contribution in [2.45, 2.75) is 6.92 Å². The van der Waals surface area contributed by atoms with Crippen LogP contribution >= 0.6 is 23.7 Å². The summed E-state index contributed by atoms with van der Waals surface area (Å²) in [7, 11) is 0. The Morgan fingerprint density at radius 2 is 2.43 bits per heavy atom. The molecule has 0 fully saturated rings. The molecule has 0 amide bonds. The van der Waals surface area contributed by atoms with Gasteiger partial charge in [0.25, 0.3) is 0 Å². The normalized spacial score (nSPS) is 7.57. The Morgan fingerprint density at radius 1 is 1.71 bits per heavy atom. The number of thiazole rings is 1. The molecule has 1 nitrogen and oxygen atoms in total. The Labute approximate surface area is 52.8 Å². The van der Waals surface area contributed by atoms with Gasteiger partial charge in [0.2, 0.25) is 0 Å². The van der Waals surface area contributed by atoms with Gasteiger partial charge in [-0.25, -0.2) is 0 Å². The molecule has 0 atom stereocenters. The molecule has 0 saturated carbocycles. The first-order valence-corrected chi connectivity index (χ1v) is 2.63. The zero-order chi connectivity index (χ0) is 4.41. The Morgan fingerprint density at radius 3 is 2.57 bits per heavy atom. The van der Waals surface area contributed by atoms with E-state index in [9.17, 15) is 0 Å². The fourth-order valence-corrected chi connectivity index (χ4v) is 0.735. The lowest BCUT2D eigenvalue weighted by molar-refractivity contribution is 1.30. The summed E-state index contributed by atoms with van der Waals surface area (Å²) in [4.78, 5) is 3.94. The van der Waals surface area contributed by atoms with Crippen molar-refractivity contribution in [1.82, 2.24) is 4.98 Å². The average Bonchev–Trinajstić information content (AvgIpc) is 1.86. The van der Waals surface area contributed by atoms with E-state index in [0.717, 1.165) is 5.01 Å². The predicted octanol–water partition coefficient (Wildman–Crippen LogP) is 1.87. The van der Waals surface area contributed by atoms with Crippen molar-refractivity contribution < 1.29 is 0 Å². The highest BCUT2D eigenvalue weighted by molar-refractivity contribution is 7.09. The van der Waals surface area contributed by atoms with Crippen LogP contribution in [0, 0.1) is 6.92 Å². The number of rotatable bonds is 0. The van der Waals surface area contributed by atoms with Gasteiger partial charge in [-0.1, -0.05) is 0 Å². The van der Waals surface area contributed by atoms with Gasteiger partial charge in [0.1, 0.15) is 0 Å². The molecule has 0 aliphatic rings. The Balaban J connectivity index is 0.000000360. The summed E-state index contributed by atoms with van der Waals surface area (Å²) in [5.74, 6) is 0. The largest absolute Gasteiger partial charge is 0.250 e. The molecule has 1 aromatic heterocycles. The fourth-order valence-electron chi connectivity index (χ4n) is 0.295. The minimum atomic E-state index is 0. The molecule has 40 valence electrons. The van der Waals surface area contributed by atoms with Gasteiger partial charge in [-0.05, 0) is 6.92 Å². The third-order valence-electron chi connectivity index (χ3n) is 0.556. The minimum Gasteiger partial charge on any atom is -0.250 e. The molecular formula is C4H6ClNS. The first-order valence-electron chi connectivity index (χ1n) is 1.75. The van der Waals surface area contributed by atoms with Crippen LogP contribution in [0.25, 0.3) is 0 Å². The molecule has 0 aliphatic heterocycles. The predicted molar refractivity (Wildman–Crippen MR) is 34.1 cm³/mol. The first kappa shape index (κ1) is 6.92. The molecular weight excluding hydrogens is 130 g/mol. The van der Waals surface area contributed by atoms with Crippen molar-refractivity contribution in [3.63, 3.8) is 0 Å². The second-order valence-electron chi connectivity index (χ2n) is 1.05. The van der Waals surface area contributed by atoms with E-state index in [4.69, 9.17) is 0 Å². The van der Waals surface area contributed by atoms with Gasteiger partial charge >= 0.3 is 0 Å². The van der Waals surface area contributed by atoms with Crippen LogP contribution in [-0.4, -0.2) is 4.98 Å². The van der Waals surface area contributed by atoms with Gasteiger partial charge in [-0.15, -0.1) is 23.7 Å². The van der Waals surface area contributed by atoms with Crippen LogP contribution in [-0.2, 0) is 0 Å². The van der Waals surface area contributed by atoms with E-state index in [-0.39, 0.29) is 12.4 Å². The van der Waals surface area contributed by atoms with Crippen molar-refractivity contribution in [3.8, 4) is 0 Å². The number of nitrogens with zero attached hydrogens (tertiary/aromatic N) is 1. The van der Waals surface area contributed by atoms with Gasteiger partial charge < -0.3 is 0 Å². The van der Waals surface area contributed by atoms with Crippen LogP contribution < -0.4 is 0 Å². The van der Waals surface area contributed by atoms with Crippen molar-refractivity contribution in [3.05, 3.63) is 16.6 Å². The third kappa shape index (κ3) is 1.90. The highest BCUT2D eigenvalue weighted by atomic mass is 35.5. The second kappa shape index (κ2) is 2.99. The van der Waals surface area contributed by atoms with Gasteiger partial charge in [-0.2, -0.15) is 0 Å². The lowest BCUT2D eigenvalue weighted by atomic mass is 10.8. The summed E-state index contributed by atoms with van der Waals surface area (Å²) in [5, 5.41) is 3.10. The molecule has 0 saturated heterocycles. The van der Waals surface area contributed by atoms with Gasteiger partial charge in [0, 0.05) is 11.6 Å². The number of aryl methyl sites for hydroxylation is 1. The lowest BCUT2D eigenvalue weighted by Gasteiger charge is -1.65. The van der Waals surface area contributed by atoms with Crippen LogP contribution in [0.5, 0.6) is 0 Å². The molecule has 3 heteroatoms. The van der Waals surface area contributed by atoms with E-state index >= 15 is 0 Å². The average molecular weight is 136 g/mol. The molecule has 0 aliphatic carbocycles.